The lowest BCUT2D eigenvalue weighted by molar-refractivity contribution is 0.254. The van der Waals surface area contributed by atoms with E-state index in [1.165, 1.54) is 12.1 Å². The standard InChI is InChI=1S/C16H13BrClFO/c1-9-6-11-7-10(2-5-15(11)20-9)16(18)13-8-12(19)3-4-14(13)17/h2-5,7-9,16H,6H2,1H3. The molecule has 1 aliphatic rings. The summed E-state index contributed by atoms with van der Waals surface area (Å²) in [6, 6.07) is 10.5. The number of benzene rings is 2. The zero-order valence-electron chi connectivity index (χ0n) is 10.9. The van der Waals surface area contributed by atoms with Crippen molar-refractivity contribution in [1.82, 2.24) is 0 Å². The van der Waals surface area contributed by atoms with Crippen molar-refractivity contribution in [1.29, 1.82) is 0 Å². The van der Waals surface area contributed by atoms with Crippen molar-refractivity contribution in [3.63, 3.8) is 0 Å². The molecule has 0 aromatic heterocycles. The van der Waals surface area contributed by atoms with Gasteiger partial charge < -0.3 is 4.74 Å². The summed E-state index contributed by atoms with van der Waals surface area (Å²) in [4.78, 5) is 0. The summed E-state index contributed by atoms with van der Waals surface area (Å²) >= 11 is 9.93. The SMILES string of the molecule is CC1Cc2cc(C(Cl)c3cc(F)ccc3Br)ccc2O1. The molecule has 0 N–H and O–H groups in total. The molecule has 1 heterocycles. The van der Waals surface area contributed by atoms with Crippen molar-refractivity contribution in [2.45, 2.75) is 24.8 Å². The van der Waals surface area contributed by atoms with Crippen molar-refractivity contribution in [3.8, 4) is 5.75 Å². The van der Waals surface area contributed by atoms with Gasteiger partial charge in [0.1, 0.15) is 17.7 Å². The highest BCUT2D eigenvalue weighted by Crippen LogP contribution is 2.37. The number of alkyl halides is 1. The van der Waals surface area contributed by atoms with Crippen molar-refractivity contribution >= 4 is 27.5 Å². The zero-order valence-corrected chi connectivity index (χ0v) is 13.2. The Morgan fingerprint density at radius 3 is 2.90 bits per heavy atom. The molecule has 0 bridgehead atoms. The van der Waals surface area contributed by atoms with Crippen LogP contribution in [-0.4, -0.2) is 6.10 Å². The first-order chi connectivity index (χ1) is 9.54. The molecule has 104 valence electrons. The monoisotopic (exact) mass is 354 g/mol. The van der Waals surface area contributed by atoms with E-state index in [1.807, 2.05) is 25.1 Å². The van der Waals surface area contributed by atoms with E-state index in [1.54, 1.807) is 6.07 Å². The summed E-state index contributed by atoms with van der Waals surface area (Å²) < 4.78 is 19.9. The van der Waals surface area contributed by atoms with Crippen LogP contribution < -0.4 is 4.74 Å². The van der Waals surface area contributed by atoms with Gasteiger partial charge in [0.25, 0.3) is 0 Å². The van der Waals surface area contributed by atoms with Gasteiger partial charge in [-0.05, 0) is 47.9 Å². The van der Waals surface area contributed by atoms with Gasteiger partial charge in [0, 0.05) is 10.9 Å². The molecule has 2 aromatic rings. The highest BCUT2D eigenvalue weighted by Gasteiger charge is 2.22. The minimum absolute atomic E-state index is 0.204. The first kappa shape index (κ1) is 13.9. The highest BCUT2D eigenvalue weighted by atomic mass is 79.9. The number of halogens is 3. The topological polar surface area (TPSA) is 9.23 Å². The second kappa shape index (κ2) is 5.38. The quantitative estimate of drug-likeness (QED) is 0.669. The lowest BCUT2D eigenvalue weighted by Crippen LogP contribution is -2.05. The van der Waals surface area contributed by atoms with Crippen LogP contribution in [0.4, 0.5) is 4.39 Å². The smallest absolute Gasteiger partial charge is 0.123 e. The molecule has 2 aromatic carbocycles. The summed E-state index contributed by atoms with van der Waals surface area (Å²) in [6.45, 7) is 2.04. The first-order valence-electron chi connectivity index (χ1n) is 6.43. The van der Waals surface area contributed by atoms with Crippen LogP contribution in [-0.2, 0) is 6.42 Å². The Morgan fingerprint density at radius 2 is 2.10 bits per heavy atom. The fourth-order valence-corrected chi connectivity index (χ4v) is 3.41. The molecule has 1 aliphatic heterocycles. The van der Waals surface area contributed by atoms with Gasteiger partial charge in [-0.1, -0.05) is 28.1 Å². The Labute approximate surface area is 130 Å². The van der Waals surface area contributed by atoms with Gasteiger partial charge >= 0.3 is 0 Å². The summed E-state index contributed by atoms with van der Waals surface area (Å²) in [5, 5.41) is -0.388. The van der Waals surface area contributed by atoms with Gasteiger partial charge in [-0.15, -0.1) is 11.6 Å². The summed E-state index contributed by atoms with van der Waals surface area (Å²) in [6.07, 6.45) is 1.09. The van der Waals surface area contributed by atoms with Crippen molar-refractivity contribution in [3.05, 3.63) is 63.4 Å². The maximum atomic E-state index is 13.4. The second-order valence-corrected chi connectivity index (χ2v) is 6.32. The van der Waals surface area contributed by atoms with Gasteiger partial charge in [0.15, 0.2) is 0 Å². The Kier molecular flexibility index (Phi) is 3.74. The Bertz CT molecular complexity index is 659. The minimum atomic E-state index is -0.388. The van der Waals surface area contributed by atoms with E-state index in [9.17, 15) is 4.39 Å². The van der Waals surface area contributed by atoms with E-state index >= 15 is 0 Å². The summed E-state index contributed by atoms with van der Waals surface area (Å²) in [5.41, 5.74) is 2.85. The fraction of sp³-hybridized carbons (Fsp3) is 0.250. The number of rotatable bonds is 2. The van der Waals surface area contributed by atoms with E-state index in [0.717, 1.165) is 33.3 Å². The predicted molar refractivity (Wildman–Crippen MR) is 82.0 cm³/mol. The van der Waals surface area contributed by atoms with E-state index in [2.05, 4.69) is 15.9 Å². The lowest BCUT2D eigenvalue weighted by atomic mass is 10.0. The molecule has 0 fully saturated rings. The highest BCUT2D eigenvalue weighted by molar-refractivity contribution is 9.10. The van der Waals surface area contributed by atoms with E-state index in [0.29, 0.717) is 0 Å². The van der Waals surface area contributed by atoms with Crippen LogP contribution in [0.2, 0.25) is 0 Å². The number of hydrogen-bond acceptors (Lipinski definition) is 1. The molecule has 0 saturated heterocycles. The van der Waals surface area contributed by atoms with Crippen molar-refractivity contribution in [2.75, 3.05) is 0 Å². The predicted octanol–water partition coefficient (Wildman–Crippen LogP) is 5.24. The molecule has 1 nitrogen and oxygen atoms in total. The van der Waals surface area contributed by atoms with E-state index in [-0.39, 0.29) is 17.3 Å². The van der Waals surface area contributed by atoms with Crippen LogP contribution in [0.5, 0.6) is 5.75 Å². The van der Waals surface area contributed by atoms with Crippen LogP contribution >= 0.6 is 27.5 Å². The van der Waals surface area contributed by atoms with Crippen LogP contribution in [0.3, 0.4) is 0 Å². The number of fused-ring (bicyclic) bond motifs is 1. The van der Waals surface area contributed by atoms with Crippen LogP contribution in [0.15, 0.2) is 40.9 Å². The van der Waals surface area contributed by atoms with Crippen molar-refractivity contribution < 1.29 is 9.13 Å². The van der Waals surface area contributed by atoms with E-state index in [4.69, 9.17) is 16.3 Å². The maximum absolute atomic E-state index is 13.4. The lowest BCUT2D eigenvalue weighted by Gasteiger charge is -2.13. The molecule has 2 unspecified atom stereocenters. The fourth-order valence-electron chi connectivity index (χ4n) is 2.49. The van der Waals surface area contributed by atoms with Crippen LogP contribution in [0.1, 0.15) is 29.0 Å². The molecule has 20 heavy (non-hydrogen) atoms. The average Bonchev–Trinajstić information content (AvgIpc) is 2.79. The van der Waals surface area contributed by atoms with Crippen LogP contribution in [0, 0.1) is 5.82 Å². The Morgan fingerprint density at radius 1 is 1.30 bits per heavy atom. The molecule has 3 rings (SSSR count). The molecule has 2 atom stereocenters. The molecule has 4 heteroatoms. The van der Waals surface area contributed by atoms with Gasteiger partial charge in [0.2, 0.25) is 0 Å². The molecule has 0 saturated carbocycles. The molecule has 0 amide bonds. The van der Waals surface area contributed by atoms with Gasteiger partial charge in [-0.3, -0.25) is 0 Å². The van der Waals surface area contributed by atoms with Gasteiger partial charge in [-0.25, -0.2) is 4.39 Å². The third-order valence-corrected chi connectivity index (χ3v) is 4.65. The van der Waals surface area contributed by atoms with Gasteiger partial charge in [0.05, 0.1) is 5.38 Å². The molecule has 0 radical (unpaired) electrons. The van der Waals surface area contributed by atoms with Gasteiger partial charge in [-0.2, -0.15) is 0 Å². The molecular formula is C16H13BrClFO. The average molecular weight is 356 g/mol. The van der Waals surface area contributed by atoms with Crippen molar-refractivity contribution in [2.24, 2.45) is 0 Å². The largest absolute Gasteiger partial charge is 0.490 e. The second-order valence-electron chi connectivity index (χ2n) is 5.03. The maximum Gasteiger partial charge on any atom is 0.123 e. The zero-order chi connectivity index (χ0) is 14.3. The summed E-state index contributed by atoms with van der Waals surface area (Å²) in [7, 11) is 0. The number of ether oxygens (including phenoxy) is 1. The normalized spacial score (nSPS) is 18.5. The Balaban J connectivity index is 1.97. The van der Waals surface area contributed by atoms with E-state index < -0.39 is 0 Å². The minimum Gasteiger partial charge on any atom is -0.490 e. The first-order valence-corrected chi connectivity index (χ1v) is 7.66. The summed E-state index contributed by atoms with van der Waals surface area (Å²) in [5.74, 6) is 0.635. The van der Waals surface area contributed by atoms with Crippen LogP contribution in [0.25, 0.3) is 0 Å². The Hall–Kier alpha value is -1.06. The molecule has 0 aliphatic carbocycles. The molecular weight excluding hydrogens is 343 g/mol. The number of hydrogen-bond donors (Lipinski definition) is 0. The molecule has 0 spiro atoms. The third-order valence-electron chi connectivity index (χ3n) is 3.44. The third kappa shape index (κ3) is 2.57.